The molecule has 5 heteroatoms. The molecule has 98 valence electrons. The number of carboxylic acids is 1. The Morgan fingerprint density at radius 3 is 2.56 bits per heavy atom. The molecule has 0 aromatic heterocycles. The van der Waals surface area contributed by atoms with Gasteiger partial charge in [0, 0.05) is 6.04 Å². The minimum atomic E-state index is -0.713. The summed E-state index contributed by atoms with van der Waals surface area (Å²) in [6.45, 7) is 0. The van der Waals surface area contributed by atoms with E-state index >= 15 is 0 Å². The van der Waals surface area contributed by atoms with Crippen LogP contribution in [0.3, 0.4) is 0 Å². The number of carbonyl (C=O) groups is 1. The van der Waals surface area contributed by atoms with E-state index in [0.717, 1.165) is 18.5 Å². The van der Waals surface area contributed by atoms with Crippen LogP contribution in [0.5, 0.6) is 0 Å². The summed E-state index contributed by atoms with van der Waals surface area (Å²) in [7, 11) is 0. The van der Waals surface area contributed by atoms with Gasteiger partial charge in [0.25, 0.3) is 0 Å². The lowest BCUT2D eigenvalue weighted by atomic mass is 9.86. The first-order chi connectivity index (χ1) is 8.56. The topological polar surface area (TPSA) is 75.3 Å². The molecule has 0 heterocycles. The van der Waals surface area contributed by atoms with Crippen LogP contribution in [0.4, 0.5) is 15.8 Å². The molecule has 4 N–H and O–H groups in total. The first kappa shape index (κ1) is 12.7. The van der Waals surface area contributed by atoms with E-state index in [0.29, 0.717) is 18.5 Å². The molecule has 0 bridgehead atoms. The largest absolute Gasteiger partial charge is 0.481 e. The van der Waals surface area contributed by atoms with Gasteiger partial charge in [0.15, 0.2) is 0 Å². The van der Waals surface area contributed by atoms with Gasteiger partial charge >= 0.3 is 5.97 Å². The number of halogens is 1. The second-order valence-corrected chi connectivity index (χ2v) is 4.76. The lowest BCUT2D eigenvalue weighted by molar-refractivity contribution is -0.142. The van der Waals surface area contributed by atoms with Crippen LogP contribution < -0.4 is 11.1 Å². The highest BCUT2D eigenvalue weighted by Crippen LogP contribution is 2.28. The zero-order valence-electron chi connectivity index (χ0n) is 10.0. The summed E-state index contributed by atoms with van der Waals surface area (Å²) in [6.07, 6.45) is 2.95. The third-order valence-electron chi connectivity index (χ3n) is 3.45. The highest BCUT2D eigenvalue weighted by Gasteiger charge is 2.25. The van der Waals surface area contributed by atoms with E-state index in [9.17, 15) is 9.18 Å². The van der Waals surface area contributed by atoms with Gasteiger partial charge in [-0.25, -0.2) is 4.39 Å². The van der Waals surface area contributed by atoms with Gasteiger partial charge in [-0.3, -0.25) is 4.79 Å². The lowest BCUT2D eigenvalue weighted by Crippen LogP contribution is -2.29. The van der Waals surface area contributed by atoms with Crippen LogP contribution in [-0.2, 0) is 4.79 Å². The van der Waals surface area contributed by atoms with Crippen molar-refractivity contribution in [1.82, 2.24) is 0 Å². The molecule has 0 aliphatic heterocycles. The van der Waals surface area contributed by atoms with Gasteiger partial charge in [-0.1, -0.05) is 0 Å². The minimum Gasteiger partial charge on any atom is -0.481 e. The molecule has 0 amide bonds. The molecule has 1 aliphatic carbocycles. The summed E-state index contributed by atoms with van der Waals surface area (Å²) < 4.78 is 12.9. The van der Waals surface area contributed by atoms with Gasteiger partial charge in [-0.2, -0.15) is 0 Å². The van der Waals surface area contributed by atoms with E-state index in [1.807, 2.05) is 0 Å². The van der Waals surface area contributed by atoms with Crippen molar-refractivity contribution < 1.29 is 14.3 Å². The number of rotatable bonds is 3. The zero-order valence-corrected chi connectivity index (χ0v) is 10.0. The fourth-order valence-electron chi connectivity index (χ4n) is 2.37. The fourth-order valence-corrected chi connectivity index (χ4v) is 2.37. The summed E-state index contributed by atoms with van der Waals surface area (Å²) in [5.41, 5.74) is 6.82. The van der Waals surface area contributed by atoms with Gasteiger partial charge in [0.05, 0.1) is 17.3 Å². The molecule has 0 radical (unpaired) electrons. The Hall–Kier alpha value is -1.78. The van der Waals surface area contributed by atoms with Crippen molar-refractivity contribution in [3.05, 3.63) is 24.0 Å². The molecule has 0 spiro atoms. The van der Waals surface area contributed by atoms with Gasteiger partial charge in [0.1, 0.15) is 5.82 Å². The average Bonchev–Trinajstić information content (AvgIpc) is 2.33. The van der Waals surface area contributed by atoms with Crippen LogP contribution >= 0.6 is 0 Å². The Morgan fingerprint density at radius 2 is 2.00 bits per heavy atom. The molecule has 1 fully saturated rings. The molecule has 1 aliphatic rings. The maximum Gasteiger partial charge on any atom is 0.306 e. The Morgan fingerprint density at radius 1 is 1.33 bits per heavy atom. The molecule has 1 aromatic rings. The van der Waals surface area contributed by atoms with E-state index in [4.69, 9.17) is 10.8 Å². The normalized spacial score (nSPS) is 23.6. The van der Waals surface area contributed by atoms with Crippen molar-refractivity contribution in [1.29, 1.82) is 0 Å². The van der Waals surface area contributed by atoms with Crippen LogP contribution in [0.25, 0.3) is 0 Å². The quantitative estimate of drug-likeness (QED) is 0.722. The number of nitrogen functional groups attached to an aromatic ring is 1. The highest BCUT2D eigenvalue weighted by molar-refractivity contribution is 5.70. The van der Waals surface area contributed by atoms with Crippen molar-refractivity contribution >= 4 is 17.3 Å². The first-order valence-electron chi connectivity index (χ1n) is 6.10. The lowest BCUT2D eigenvalue weighted by Gasteiger charge is -2.28. The molecule has 2 rings (SSSR count). The molecule has 1 saturated carbocycles. The predicted octanol–water partition coefficient (Wildman–Crippen LogP) is 2.46. The van der Waals surface area contributed by atoms with Crippen LogP contribution in [0.15, 0.2) is 18.2 Å². The van der Waals surface area contributed by atoms with E-state index in [-0.39, 0.29) is 17.8 Å². The summed E-state index contributed by atoms with van der Waals surface area (Å²) in [6, 6.07) is 4.48. The standard InChI is InChI=1S/C13H17FN2O2/c14-9-3-6-12(11(15)7-9)16-10-4-1-8(2-5-10)13(17)18/h3,6-8,10,16H,1-2,4-5,15H2,(H,17,18). The number of anilines is 2. The van der Waals surface area contributed by atoms with Gasteiger partial charge < -0.3 is 16.2 Å². The zero-order chi connectivity index (χ0) is 13.1. The third-order valence-corrected chi connectivity index (χ3v) is 3.45. The van der Waals surface area contributed by atoms with Crippen LogP contribution in [0.2, 0.25) is 0 Å². The molecular weight excluding hydrogens is 235 g/mol. The van der Waals surface area contributed by atoms with E-state index in [2.05, 4.69) is 5.32 Å². The monoisotopic (exact) mass is 252 g/mol. The van der Waals surface area contributed by atoms with Crippen molar-refractivity contribution in [2.45, 2.75) is 31.7 Å². The SMILES string of the molecule is Nc1cc(F)ccc1NC1CCC(C(=O)O)CC1. The van der Waals surface area contributed by atoms with Crippen molar-refractivity contribution in [3.8, 4) is 0 Å². The second kappa shape index (κ2) is 5.25. The summed E-state index contributed by atoms with van der Waals surface area (Å²) in [5.74, 6) is -1.30. The third kappa shape index (κ3) is 2.91. The van der Waals surface area contributed by atoms with Gasteiger partial charge in [-0.05, 0) is 43.9 Å². The number of carboxylic acid groups (broad SMARTS) is 1. The Bertz CT molecular complexity index is 443. The predicted molar refractivity (Wildman–Crippen MR) is 67.8 cm³/mol. The minimum absolute atomic E-state index is 0.216. The Balaban J connectivity index is 1.93. The number of nitrogens with one attached hydrogen (secondary N) is 1. The molecular formula is C13H17FN2O2. The molecule has 18 heavy (non-hydrogen) atoms. The van der Waals surface area contributed by atoms with E-state index < -0.39 is 5.97 Å². The molecule has 0 unspecified atom stereocenters. The Kier molecular flexibility index (Phi) is 3.69. The number of benzene rings is 1. The average molecular weight is 252 g/mol. The van der Waals surface area contributed by atoms with Crippen molar-refractivity contribution in [2.24, 2.45) is 5.92 Å². The van der Waals surface area contributed by atoms with Crippen molar-refractivity contribution in [2.75, 3.05) is 11.1 Å². The molecule has 1 aromatic carbocycles. The van der Waals surface area contributed by atoms with Crippen LogP contribution in [-0.4, -0.2) is 17.1 Å². The van der Waals surface area contributed by atoms with Crippen molar-refractivity contribution in [3.63, 3.8) is 0 Å². The summed E-state index contributed by atoms with van der Waals surface area (Å²) in [5, 5.41) is 12.2. The molecule has 0 saturated heterocycles. The highest BCUT2D eigenvalue weighted by atomic mass is 19.1. The van der Waals surface area contributed by atoms with Gasteiger partial charge in [-0.15, -0.1) is 0 Å². The first-order valence-corrected chi connectivity index (χ1v) is 6.10. The number of aliphatic carboxylic acids is 1. The molecule has 0 atom stereocenters. The van der Waals surface area contributed by atoms with E-state index in [1.165, 1.54) is 12.1 Å². The second-order valence-electron chi connectivity index (χ2n) is 4.76. The smallest absolute Gasteiger partial charge is 0.306 e. The summed E-state index contributed by atoms with van der Waals surface area (Å²) >= 11 is 0. The Labute approximate surface area is 105 Å². The molecule has 4 nitrogen and oxygen atoms in total. The summed E-state index contributed by atoms with van der Waals surface area (Å²) in [4.78, 5) is 10.8. The maximum absolute atomic E-state index is 12.9. The fraction of sp³-hybridized carbons (Fsp3) is 0.462. The van der Waals surface area contributed by atoms with E-state index in [1.54, 1.807) is 6.07 Å². The van der Waals surface area contributed by atoms with Gasteiger partial charge in [0.2, 0.25) is 0 Å². The van der Waals surface area contributed by atoms with Crippen LogP contribution in [0.1, 0.15) is 25.7 Å². The number of hydrogen-bond acceptors (Lipinski definition) is 3. The maximum atomic E-state index is 12.9. The number of hydrogen-bond donors (Lipinski definition) is 3. The van der Waals surface area contributed by atoms with Crippen LogP contribution in [0, 0.1) is 11.7 Å². The number of nitrogens with two attached hydrogens (primary N) is 1.